The zero-order valence-electron chi connectivity index (χ0n) is 17.9. The first-order chi connectivity index (χ1) is 14.2. The van der Waals surface area contributed by atoms with Crippen molar-refractivity contribution in [2.24, 2.45) is 5.41 Å². The maximum absolute atomic E-state index is 15.0. The molecule has 34 heavy (non-hydrogen) atoms. The second-order valence-electron chi connectivity index (χ2n) is 8.63. The molecule has 0 heterocycles. The predicted octanol–water partition coefficient (Wildman–Crippen LogP) is 6.10. The third-order valence-corrected chi connectivity index (χ3v) is 5.35. The Balaban J connectivity index is 7.03. The van der Waals surface area contributed by atoms with Gasteiger partial charge in [0.05, 0.1) is 0 Å². The van der Waals surface area contributed by atoms with Crippen molar-refractivity contribution in [1.82, 2.24) is 0 Å². The zero-order chi connectivity index (χ0) is 28.4. The van der Waals surface area contributed by atoms with Crippen molar-refractivity contribution >= 4 is 10.1 Å². The van der Waals surface area contributed by atoms with Crippen LogP contribution in [0.5, 0.6) is 0 Å². The Morgan fingerprint density at radius 2 is 0.971 bits per heavy atom. The molecule has 1 N–H and O–H groups in total. The molecule has 0 radical (unpaired) electrons. The molecular formula is C15H19F13O5S. The number of halogens is 13. The molecule has 0 spiro atoms. The van der Waals surface area contributed by atoms with Gasteiger partial charge in [0, 0.05) is 12.3 Å². The van der Waals surface area contributed by atoms with Gasteiger partial charge in [-0.15, -0.1) is 0 Å². The van der Waals surface area contributed by atoms with E-state index < -0.39 is 83.0 Å². The molecule has 206 valence electrons. The maximum atomic E-state index is 15.0. The minimum Gasteiger partial charge on any atom is -0.304 e. The van der Waals surface area contributed by atoms with E-state index in [0.29, 0.717) is 20.8 Å². The van der Waals surface area contributed by atoms with Gasteiger partial charge in [-0.3, -0.25) is 9.29 Å². The summed E-state index contributed by atoms with van der Waals surface area (Å²) in [5, 5.41) is -6.83. The van der Waals surface area contributed by atoms with Crippen LogP contribution in [-0.4, -0.2) is 59.7 Å². The lowest BCUT2D eigenvalue weighted by molar-refractivity contribution is -0.492. The van der Waals surface area contributed by atoms with Crippen LogP contribution in [0.3, 0.4) is 0 Å². The zero-order valence-corrected chi connectivity index (χ0v) is 18.7. The number of rotatable bonds is 9. The van der Waals surface area contributed by atoms with Crippen LogP contribution in [0.25, 0.3) is 0 Å². The Morgan fingerprint density at radius 3 is 1.21 bits per heavy atom. The van der Waals surface area contributed by atoms with E-state index in [2.05, 4.69) is 9.47 Å². The minimum atomic E-state index is -7.21. The lowest BCUT2D eigenvalue weighted by Crippen LogP contribution is -2.73. The average Bonchev–Trinajstić information content (AvgIpc) is 2.47. The monoisotopic (exact) mass is 558 g/mol. The normalized spacial score (nSPS) is 19.5. The molecule has 0 rings (SSSR count). The van der Waals surface area contributed by atoms with E-state index in [1.165, 1.54) is 0 Å². The molecule has 0 aromatic carbocycles. The number of alkyl halides is 13. The first kappa shape index (κ1) is 32.9. The van der Waals surface area contributed by atoms with Gasteiger partial charge in [-0.25, -0.2) is 17.6 Å². The summed E-state index contributed by atoms with van der Waals surface area (Å²) < 4.78 is 216. The molecule has 0 fully saturated rings. The Kier molecular flexibility index (Phi) is 7.96. The molecule has 0 amide bonds. The molecule has 0 aromatic heterocycles. The summed E-state index contributed by atoms with van der Waals surface area (Å²) in [6.07, 6.45) is -21.0. The molecule has 0 saturated carbocycles. The van der Waals surface area contributed by atoms with E-state index in [1.54, 1.807) is 0 Å². The first-order valence-electron chi connectivity index (χ1n) is 8.49. The fraction of sp³-hybridized carbons (Fsp3) is 1.00. The minimum absolute atomic E-state index is 0.399. The summed E-state index contributed by atoms with van der Waals surface area (Å²) in [6, 6.07) is 0. The van der Waals surface area contributed by atoms with Gasteiger partial charge in [0.15, 0.2) is 0 Å². The Bertz CT molecular complexity index is 841. The third-order valence-electron chi connectivity index (χ3n) is 4.47. The van der Waals surface area contributed by atoms with Crippen LogP contribution in [-0.2, 0) is 19.6 Å². The summed E-state index contributed by atoms with van der Waals surface area (Å²) in [4.78, 5) is 0. The fourth-order valence-electron chi connectivity index (χ4n) is 2.61. The van der Waals surface area contributed by atoms with E-state index in [-0.39, 0.29) is 0 Å². The molecule has 0 aliphatic carbocycles. The Hall–Kier alpha value is -1.08. The molecule has 2 atom stereocenters. The van der Waals surface area contributed by atoms with Crippen molar-refractivity contribution in [1.29, 1.82) is 0 Å². The second-order valence-corrected chi connectivity index (χ2v) is 10.1. The molecule has 0 aliphatic heterocycles. The fourth-order valence-corrected chi connectivity index (χ4v) is 2.95. The van der Waals surface area contributed by atoms with Gasteiger partial charge in [0.1, 0.15) is 5.60 Å². The lowest BCUT2D eigenvalue weighted by atomic mass is 9.81. The highest BCUT2D eigenvalue weighted by Gasteiger charge is 2.84. The lowest BCUT2D eigenvalue weighted by Gasteiger charge is -2.49. The van der Waals surface area contributed by atoms with Crippen LogP contribution in [0.2, 0.25) is 0 Å². The van der Waals surface area contributed by atoms with Crippen LogP contribution >= 0.6 is 0 Å². The van der Waals surface area contributed by atoms with Gasteiger partial charge in [0.2, 0.25) is 0 Å². The summed E-state index contributed by atoms with van der Waals surface area (Å²) in [5.41, 5.74) is -14.7. The van der Waals surface area contributed by atoms with Gasteiger partial charge in [-0.05, 0) is 13.8 Å². The van der Waals surface area contributed by atoms with Crippen molar-refractivity contribution in [3.8, 4) is 0 Å². The SMILES string of the molecule is CC(C)(C)C(F)(OC(F)(F)C(F)(C(F)(F)F)C(C)(C)OC(F)(F)C(F)(F)S(=O)(=O)O)C(C)(F)F. The highest BCUT2D eigenvalue weighted by Crippen LogP contribution is 2.59. The molecule has 5 nitrogen and oxygen atoms in total. The standard InChI is InChI=1S/C15H19F13O5S/c1-7(2,3)11(19,9(6,16)17)33-13(23,24)10(18,12(20,21)22)8(4,5)32-14(25,26)15(27,28)34(29,30)31/h1-6H3,(H,29,30,31). The van der Waals surface area contributed by atoms with Crippen LogP contribution < -0.4 is 0 Å². The van der Waals surface area contributed by atoms with Crippen molar-refractivity contribution in [3.05, 3.63) is 0 Å². The topological polar surface area (TPSA) is 72.8 Å². The van der Waals surface area contributed by atoms with Crippen molar-refractivity contribution in [2.45, 2.75) is 88.2 Å². The van der Waals surface area contributed by atoms with E-state index in [0.717, 1.165) is 0 Å². The highest BCUT2D eigenvalue weighted by molar-refractivity contribution is 7.86. The summed E-state index contributed by atoms with van der Waals surface area (Å²) in [5.74, 6) is -10.3. The summed E-state index contributed by atoms with van der Waals surface area (Å²) in [6.45, 7) is -0.632. The number of hydrogen-bond donors (Lipinski definition) is 1. The molecule has 0 aliphatic rings. The number of ether oxygens (including phenoxy) is 2. The molecule has 0 aromatic rings. The van der Waals surface area contributed by atoms with Crippen molar-refractivity contribution in [3.63, 3.8) is 0 Å². The molecule has 2 unspecified atom stereocenters. The highest BCUT2D eigenvalue weighted by atomic mass is 32.2. The van der Waals surface area contributed by atoms with Crippen LogP contribution in [0, 0.1) is 5.41 Å². The van der Waals surface area contributed by atoms with Crippen molar-refractivity contribution in [2.75, 3.05) is 0 Å². The Labute approximate surface area is 184 Å². The van der Waals surface area contributed by atoms with Crippen molar-refractivity contribution < 1.29 is 79.5 Å². The first-order valence-corrected chi connectivity index (χ1v) is 9.93. The summed E-state index contributed by atoms with van der Waals surface area (Å²) >= 11 is 0. The largest absolute Gasteiger partial charge is 0.459 e. The van der Waals surface area contributed by atoms with Gasteiger partial charge in [-0.1, -0.05) is 20.8 Å². The Morgan fingerprint density at radius 1 is 0.618 bits per heavy atom. The quantitative estimate of drug-likeness (QED) is 0.274. The van der Waals surface area contributed by atoms with E-state index in [9.17, 15) is 61.1 Å². The van der Waals surface area contributed by atoms with Crippen LogP contribution in [0.15, 0.2) is 0 Å². The maximum Gasteiger partial charge on any atom is 0.459 e. The molecule has 19 heteroatoms. The van der Waals surface area contributed by atoms with Gasteiger partial charge in [-0.2, -0.15) is 47.9 Å². The molecule has 0 saturated heterocycles. The van der Waals surface area contributed by atoms with Crippen LogP contribution in [0.4, 0.5) is 57.1 Å². The average molecular weight is 558 g/mol. The molecular weight excluding hydrogens is 539 g/mol. The second kappa shape index (κ2) is 8.22. The third kappa shape index (κ3) is 5.07. The van der Waals surface area contributed by atoms with Gasteiger partial charge < -0.3 is 4.74 Å². The smallest absolute Gasteiger partial charge is 0.304 e. The number of hydrogen-bond acceptors (Lipinski definition) is 4. The van der Waals surface area contributed by atoms with Gasteiger partial charge in [0.25, 0.3) is 5.85 Å². The van der Waals surface area contributed by atoms with Crippen LogP contribution in [0.1, 0.15) is 41.5 Å². The van der Waals surface area contributed by atoms with E-state index >= 15 is 4.39 Å². The van der Waals surface area contributed by atoms with E-state index in [1.807, 2.05) is 0 Å². The molecule has 0 bridgehead atoms. The predicted molar refractivity (Wildman–Crippen MR) is 86.4 cm³/mol. The van der Waals surface area contributed by atoms with Gasteiger partial charge >= 0.3 is 45.4 Å². The summed E-state index contributed by atoms with van der Waals surface area (Å²) in [7, 11) is -7.21. The van der Waals surface area contributed by atoms with E-state index in [4.69, 9.17) is 4.55 Å².